The zero-order valence-electron chi connectivity index (χ0n) is 14.3. The van der Waals surface area contributed by atoms with Crippen LogP contribution in [-0.4, -0.2) is 25.5 Å². The molecule has 2 aromatic rings. The highest BCUT2D eigenvalue weighted by atomic mass is 16.4. The second-order valence-electron chi connectivity index (χ2n) is 6.10. The minimum atomic E-state index is -0.916. The SMILES string of the molecule is CN(C)c1cc[nH+]cc1.O.O=C([O-])C1(c2ccccc2)CCCC1. The number of nitrogens with zero attached hydrogens (tertiary/aromatic N) is 1. The Labute approximate surface area is 143 Å². The number of H-pyrrole nitrogens is 1. The number of benzene rings is 1. The van der Waals surface area contributed by atoms with Crippen molar-refractivity contribution in [1.29, 1.82) is 0 Å². The molecule has 1 saturated carbocycles. The second-order valence-corrected chi connectivity index (χ2v) is 6.10. The number of carboxylic acid groups (broad SMARTS) is 1. The van der Waals surface area contributed by atoms with Crippen molar-refractivity contribution in [3.05, 3.63) is 60.4 Å². The van der Waals surface area contributed by atoms with E-state index in [9.17, 15) is 9.90 Å². The van der Waals surface area contributed by atoms with E-state index >= 15 is 0 Å². The van der Waals surface area contributed by atoms with Crippen LogP contribution < -0.4 is 15.0 Å². The zero-order valence-corrected chi connectivity index (χ0v) is 14.3. The smallest absolute Gasteiger partial charge is 0.169 e. The van der Waals surface area contributed by atoms with Crippen molar-refractivity contribution >= 4 is 11.7 Å². The maximum absolute atomic E-state index is 11.2. The van der Waals surface area contributed by atoms with Crippen LogP contribution in [0.3, 0.4) is 0 Å². The molecule has 0 spiro atoms. The molecule has 0 saturated heterocycles. The van der Waals surface area contributed by atoms with Gasteiger partial charge in [0.05, 0.1) is 5.97 Å². The van der Waals surface area contributed by atoms with E-state index in [-0.39, 0.29) is 5.48 Å². The molecule has 130 valence electrons. The van der Waals surface area contributed by atoms with Crippen molar-refractivity contribution in [3.63, 3.8) is 0 Å². The van der Waals surface area contributed by atoms with Crippen LogP contribution in [0.2, 0.25) is 0 Å². The largest absolute Gasteiger partial charge is 0.549 e. The van der Waals surface area contributed by atoms with Crippen molar-refractivity contribution in [2.75, 3.05) is 19.0 Å². The number of nitrogens with one attached hydrogen (secondary N) is 1. The number of hydrogen-bond acceptors (Lipinski definition) is 3. The predicted octanol–water partition coefficient (Wildman–Crippen LogP) is 0.990. The van der Waals surface area contributed by atoms with Crippen LogP contribution in [0.5, 0.6) is 0 Å². The predicted molar refractivity (Wildman–Crippen MR) is 92.5 cm³/mol. The molecular formula is C19H26N2O3. The standard InChI is InChI=1S/C12H14O2.C7H10N2.H2O/c13-11(14)12(8-4-5-9-12)10-6-2-1-3-7-10;1-9(2)7-3-5-8-6-4-7;/h1-3,6-7H,4-5,8-9H2,(H,13,14);3-6H,1-2H3;1H2. The van der Waals surface area contributed by atoms with Crippen LogP contribution in [0.15, 0.2) is 54.9 Å². The van der Waals surface area contributed by atoms with E-state index in [1.807, 2.05) is 69.0 Å². The molecule has 1 aliphatic rings. The molecule has 0 radical (unpaired) electrons. The number of aromatic nitrogens is 1. The summed E-state index contributed by atoms with van der Waals surface area (Å²) >= 11 is 0. The number of hydrogen-bond donors (Lipinski definition) is 0. The van der Waals surface area contributed by atoms with Crippen LogP contribution in [-0.2, 0) is 10.2 Å². The Hall–Kier alpha value is -2.40. The Morgan fingerprint density at radius 3 is 2.00 bits per heavy atom. The third kappa shape index (κ3) is 4.55. The number of aromatic amines is 1. The van der Waals surface area contributed by atoms with Crippen LogP contribution >= 0.6 is 0 Å². The molecule has 1 aromatic heterocycles. The molecule has 1 aliphatic carbocycles. The Morgan fingerprint density at radius 1 is 1.04 bits per heavy atom. The van der Waals surface area contributed by atoms with Crippen molar-refractivity contribution in [3.8, 4) is 0 Å². The average Bonchev–Trinajstić information content (AvgIpc) is 3.08. The molecular weight excluding hydrogens is 304 g/mol. The molecule has 0 aliphatic heterocycles. The molecule has 0 amide bonds. The summed E-state index contributed by atoms with van der Waals surface area (Å²) in [5.41, 5.74) is 1.41. The lowest BCUT2D eigenvalue weighted by Gasteiger charge is -2.30. The van der Waals surface area contributed by atoms with Gasteiger partial charge in [-0.25, -0.2) is 4.98 Å². The molecule has 1 heterocycles. The number of carbonyl (C=O) groups is 1. The quantitative estimate of drug-likeness (QED) is 0.840. The van der Waals surface area contributed by atoms with Crippen LogP contribution in [0.4, 0.5) is 5.69 Å². The van der Waals surface area contributed by atoms with Crippen LogP contribution in [0.25, 0.3) is 0 Å². The molecule has 1 aromatic carbocycles. The van der Waals surface area contributed by atoms with E-state index in [4.69, 9.17) is 0 Å². The molecule has 5 nitrogen and oxygen atoms in total. The van der Waals surface area contributed by atoms with E-state index in [0.29, 0.717) is 0 Å². The van der Waals surface area contributed by atoms with Crippen molar-refractivity contribution < 1.29 is 20.4 Å². The van der Waals surface area contributed by atoms with Gasteiger partial charge in [-0.15, -0.1) is 0 Å². The molecule has 1 fully saturated rings. The number of rotatable bonds is 3. The lowest BCUT2D eigenvalue weighted by molar-refractivity contribution is -0.377. The summed E-state index contributed by atoms with van der Waals surface area (Å²) < 4.78 is 0. The summed E-state index contributed by atoms with van der Waals surface area (Å²) in [6.45, 7) is 0. The molecule has 3 N–H and O–H groups in total. The summed E-state index contributed by atoms with van der Waals surface area (Å²) in [5, 5.41) is 11.2. The highest BCUT2D eigenvalue weighted by molar-refractivity contribution is 5.79. The first kappa shape index (κ1) is 19.6. The Balaban J connectivity index is 0.000000252. The van der Waals surface area contributed by atoms with Gasteiger partial charge in [0.25, 0.3) is 0 Å². The van der Waals surface area contributed by atoms with Gasteiger partial charge in [0.2, 0.25) is 0 Å². The molecule has 0 unspecified atom stereocenters. The summed E-state index contributed by atoms with van der Waals surface area (Å²) in [5.74, 6) is -0.916. The second kappa shape index (κ2) is 9.03. The first-order chi connectivity index (χ1) is 11.1. The number of carbonyl (C=O) groups excluding carboxylic acids is 1. The first-order valence-electron chi connectivity index (χ1n) is 7.97. The maximum atomic E-state index is 11.2. The number of anilines is 1. The lowest BCUT2D eigenvalue weighted by atomic mass is 9.79. The van der Waals surface area contributed by atoms with Gasteiger partial charge < -0.3 is 20.3 Å². The van der Waals surface area contributed by atoms with Gasteiger partial charge in [0.1, 0.15) is 0 Å². The van der Waals surface area contributed by atoms with Gasteiger partial charge in [-0.3, -0.25) is 0 Å². The molecule has 24 heavy (non-hydrogen) atoms. The summed E-state index contributed by atoms with van der Waals surface area (Å²) in [4.78, 5) is 16.2. The average molecular weight is 330 g/mol. The number of pyridine rings is 1. The molecule has 0 bridgehead atoms. The maximum Gasteiger partial charge on any atom is 0.169 e. The van der Waals surface area contributed by atoms with E-state index in [2.05, 4.69) is 9.88 Å². The highest BCUT2D eigenvalue weighted by Crippen LogP contribution is 2.40. The monoisotopic (exact) mass is 330 g/mol. The minimum absolute atomic E-state index is 0. The molecule has 3 rings (SSSR count). The highest BCUT2D eigenvalue weighted by Gasteiger charge is 2.36. The lowest BCUT2D eigenvalue weighted by Crippen LogP contribution is -2.43. The topological polar surface area (TPSA) is 89.0 Å². The van der Waals surface area contributed by atoms with Gasteiger partial charge in [-0.1, -0.05) is 43.2 Å². The van der Waals surface area contributed by atoms with Gasteiger partial charge in [-0.2, -0.15) is 0 Å². The van der Waals surface area contributed by atoms with E-state index in [1.54, 1.807) is 0 Å². The van der Waals surface area contributed by atoms with Gasteiger partial charge in [0, 0.05) is 37.3 Å². The van der Waals surface area contributed by atoms with E-state index in [0.717, 1.165) is 31.2 Å². The van der Waals surface area contributed by atoms with E-state index in [1.165, 1.54) is 5.69 Å². The van der Waals surface area contributed by atoms with Gasteiger partial charge in [-0.05, 0) is 18.4 Å². The van der Waals surface area contributed by atoms with Gasteiger partial charge in [0.15, 0.2) is 12.4 Å². The Bertz CT molecular complexity index is 609. The normalized spacial score (nSPS) is 14.8. The zero-order chi connectivity index (χ0) is 16.7. The fourth-order valence-corrected chi connectivity index (χ4v) is 3.02. The summed E-state index contributed by atoms with van der Waals surface area (Å²) in [7, 11) is 4.05. The molecule has 0 atom stereocenters. The van der Waals surface area contributed by atoms with Crippen molar-refractivity contribution in [2.45, 2.75) is 31.1 Å². The Kier molecular flexibility index (Phi) is 7.39. The third-order valence-electron chi connectivity index (χ3n) is 4.39. The van der Waals surface area contributed by atoms with E-state index < -0.39 is 11.4 Å². The number of carboxylic acids is 1. The number of aliphatic carboxylic acids is 1. The van der Waals surface area contributed by atoms with Crippen molar-refractivity contribution in [2.24, 2.45) is 0 Å². The van der Waals surface area contributed by atoms with Crippen LogP contribution in [0.1, 0.15) is 31.2 Å². The van der Waals surface area contributed by atoms with Gasteiger partial charge >= 0.3 is 0 Å². The fraction of sp³-hybridized carbons (Fsp3) is 0.368. The Morgan fingerprint density at radius 2 is 1.58 bits per heavy atom. The fourth-order valence-electron chi connectivity index (χ4n) is 3.02. The first-order valence-corrected chi connectivity index (χ1v) is 7.97. The minimum Gasteiger partial charge on any atom is -0.549 e. The van der Waals surface area contributed by atoms with Crippen LogP contribution in [0, 0.1) is 0 Å². The third-order valence-corrected chi connectivity index (χ3v) is 4.39. The summed E-state index contributed by atoms with van der Waals surface area (Å²) in [6, 6.07) is 13.5. The molecule has 5 heteroatoms. The van der Waals surface area contributed by atoms with Crippen molar-refractivity contribution in [1.82, 2.24) is 0 Å². The summed E-state index contributed by atoms with van der Waals surface area (Å²) in [6.07, 6.45) is 7.25.